The fraction of sp³-hybridized carbons (Fsp3) is 0.500. The number of hydrogen-bond acceptors (Lipinski definition) is 2. The molecule has 2 heterocycles. The third-order valence-electron chi connectivity index (χ3n) is 5.47. The first-order chi connectivity index (χ1) is 11.1. The molecule has 1 aromatic heterocycles. The number of fused-ring (bicyclic) bond motifs is 1. The Kier molecular flexibility index (Phi) is 3.41. The van der Waals surface area contributed by atoms with Crippen molar-refractivity contribution in [3.05, 3.63) is 36.3 Å². The van der Waals surface area contributed by atoms with Gasteiger partial charge in [0.05, 0.1) is 5.52 Å². The summed E-state index contributed by atoms with van der Waals surface area (Å²) in [5.74, 6) is -0.150. The lowest BCUT2D eigenvalue weighted by Gasteiger charge is -2.56. The maximum Gasteiger partial charge on any atom is 0.242 e. The molecule has 122 valence electrons. The van der Waals surface area contributed by atoms with E-state index in [1.165, 1.54) is 18.6 Å². The molecule has 1 saturated carbocycles. The van der Waals surface area contributed by atoms with Gasteiger partial charge >= 0.3 is 0 Å². The van der Waals surface area contributed by atoms with E-state index in [-0.39, 0.29) is 29.8 Å². The van der Waals surface area contributed by atoms with Gasteiger partial charge in [0.15, 0.2) is 0 Å². The van der Waals surface area contributed by atoms with Gasteiger partial charge in [-0.2, -0.15) is 0 Å². The second-order valence-electron chi connectivity index (χ2n) is 7.04. The molecule has 1 saturated heterocycles. The third kappa shape index (κ3) is 2.43. The minimum absolute atomic E-state index is 0.0110. The fourth-order valence-corrected chi connectivity index (χ4v) is 4.35. The van der Waals surface area contributed by atoms with Crippen molar-refractivity contribution in [1.82, 2.24) is 9.47 Å². The molecule has 1 amide bonds. The van der Waals surface area contributed by atoms with Crippen LogP contribution in [0.4, 0.5) is 4.39 Å². The van der Waals surface area contributed by atoms with Crippen LogP contribution in [0.2, 0.25) is 0 Å². The van der Waals surface area contributed by atoms with Crippen molar-refractivity contribution in [3.8, 4) is 0 Å². The van der Waals surface area contributed by atoms with Gasteiger partial charge in [-0.1, -0.05) is 0 Å². The lowest BCUT2D eigenvalue weighted by molar-refractivity contribution is -0.146. The highest BCUT2D eigenvalue weighted by atomic mass is 19.1. The van der Waals surface area contributed by atoms with Crippen LogP contribution >= 0.6 is 0 Å². The predicted octanol–water partition coefficient (Wildman–Crippen LogP) is 2.65. The number of rotatable bonds is 2. The van der Waals surface area contributed by atoms with E-state index in [2.05, 4.69) is 0 Å². The van der Waals surface area contributed by atoms with Gasteiger partial charge in [-0.05, 0) is 61.8 Å². The molecule has 0 bridgehead atoms. The molecule has 1 aliphatic heterocycles. The van der Waals surface area contributed by atoms with Crippen molar-refractivity contribution in [1.29, 1.82) is 0 Å². The number of benzene rings is 1. The van der Waals surface area contributed by atoms with E-state index in [4.69, 9.17) is 5.73 Å². The summed E-state index contributed by atoms with van der Waals surface area (Å²) in [4.78, 5) is 14.9. The van der Waals surface area contributed by atoms with Gasteiger partial charge in [-0.3, -0.25) is 4.79 Å². The molecule has 1 spiro atoms. The number of carbonyl (C=O) groups is 1. The van der Waals surface area contributed by atoms with Crippen molar-refractivity contribution in [3.63, 3.8) is 0 Å². The van der Waals surface area contributed by atoms with Crippen LogP contribution in [0.1, 0.15) is 32.1 Å². The number of nitrogens with two attached hydrogens (primary N) is 1. The molecule has 1 aliphatic carbocycles. The number of nitrogens with zero attached hydrogens (tertiary/aromatic N) is 2. The Morgan fingerprint density at radius 2 is 2.13 bits per heavy atom. The van der Waals surface area contributed by atoms with Crippen molar-refractivity contribution in [2.45, 2.75) is 50.2 Å². The Bertz CT molecular complexity index is 742. The SMILES string of the molecule is NC1CC2(CCCCN2C(=O)Cn2ccc3ccc(F)cc32)C1. The second-order valence-corrected chi connectivity index (χ2v) is 7.04. The summed E-state index contributed by atoms with van der Waals surface area (Å²) in [6.45, 7) is 1.09. The zero-order chi connectivity index (χ0) is 16.0. The van der Waals surface area contributed by atoms with Crippen LogP contribution in [0.25, 0.3) is 10.9 Å². The molecule has 2 N–H and O–H groups in total. The van der Waals surface area contributed by atoms with Crippen LogP contribution in [-0.4, -0.2) is 33.5 Å². The summed E-state index contributed by atoms with van der Waals surface area (Å²) in [5, 5.41) is 0.957. The first kappa shape index (κ1) is 14.7. The third-order valence-corrected chi connectivity index (χ3v) is 5.47. The van der Waals surface area contributed by atoms with E-state index < -0.39 is 0 Å². The van der Waals surface area contributed by atoms with Gasteiger partial charge in [0, 0.05) is 24.3 Å². The van der Waals surface area contributed by atoms with Crippen molar-refractivity contribution < 1.29 is 9.18 Å². The first-order valence-electron chi connectivity index (χ1n) is 8.38. The zero-order valence-electron chi connectivity index (χ0n) is 13.2. The van der Waals surface area contributed by atoms with Crippen molar-refractivity contribution >= 4 is 16.8 Å². The molecule has 23 heavy (non-hydrogen) atoms. The standard InChI is InChI=1S/C18H22FN3O/c19-14-4-3-13-5-8-21(16(13)9-14)12-17(23)22-7-2-1-6-18(22)10-15(20)11-18/h3-5,8-9,15H,1-2,6-7,10-12,20H2. The van der Waals surface area contributed by atoms with Crippen LogP contribution in [0.5, 0.6) is 0 Å². The van der Waals surface area contributed by atoms with Crippen molar-refractivity contribution in [2.24, 2.45) is 5.73 Å². The van der Waals surface area contributed by atoms with E-state index in [0.717, 1.165) is 43.1 Å². The average Bonchev–Trinajstić information content (AvgIpc) is 2.88. The molecule has 2 fully saturated rings. The van der Waals surface area contributed by atoms with E-state index in [0.29, 0.717) is 0 Å². The number of piperidine rings is 1. The molecule has 4 nitrogen and oxygen atoms in total. The number of amides is 1. The zero-order valence-corrected chi connectivity index (χ0v) is 13.2. The highest BCUT2D eigenvalue weighted by molar-refractivity contribution is 5.83. The van der Waals surface area contributed by atoms with Crippen LogP contribution in [0.3, 0.4) is 0 Å². The minimum atomic E-state index is -0.274. The molecule has 2 aromatic rings. The van der Waals surface area contributed by atoms with E-state index in [9.17, 15) is 9.18 Å². The van der Waals surface area contributed by atoms with E-state index in [1.807, 2.05) is 21.7 Å². The monoisotopic (exact) mass is 315 g/mol. The summed E-state index contributed by atoms with van der Waals surface area (Å²) in [5.41, 5.74) is 6.75. The number of hydrogen-bond donors (Lipinski definition) is 1. The van der Waals surface area contributed by atoms with E-state index in [1.54, 1.807) is 6.07 Å². The number of aromatic nitrogens is 1. The quantitative estimate of drug-likeness (QED) is 0.926. The number of halogens is 1. The lowest BCUT2D eigenvalue weighted by Crippen LogP contribution is -2.65. The largest absolute Gasteiger partial charge is 0.338 e. The molecular formula is C18H22FN3O. The Morgan fingerprint density at radius 1 is 1.30 bits per heavy atom. The van der Waals surface area contributed by atoms with Crippen LogP contribution in [0.15, 0.2) is 30.5 Å². The van der Waals surface area contributed by atoms with Gasteiger partial charge in [0.2, 0.25) is 5.91 Å². The topological polar surface area (TPSA) is 51.3 Å². The average molecular weight is 315 g/mol. The Morgan fingerprint density at radius 3 is 2.91 bits per heavy atom. The van der Waals surface area contributed by atoms with Gasteiger partial charge in [-0.15, -0.1) is 0 Å². The Labute approximate surface area is 135 Å². The Balaban J connectivity index is 1.57. The summed E-state index contributed by atoms with van der Waals surface area (Å²) in [6, 6.07) is 6.84. The van der Waals surface area contributed by atoms with Crippen molar-refractivity contribution in [2.75, 3.05) is 6.54 Å². The summed E-state index contributed by atoms with van der Waals surface area (Å²) in [7, 11) is 0. The summed E-state index contributed by atoms with van der Waals surface area (Å²) in [6.07, 6.45) is 7.00. The highest BCUT2D eigenvalue weighted by Gasteiger charge is 2.49. The smallest absolute Gasteiger partial charge is 0.242 e. The van der Waals surface area contributed by atoms with Crippen LogP contribution in [0, 0.1) is 5.82 Å². The number of likely N-dealkylation sites (tertiary alicyclic amines) is 1. The highest BCUT2D eigenvalue weighted by Crippen LogP contribution is 2.43. The van der Waals surface area contributed by atoms with Crippen LogP contribution < -0.4 is 5.73 Å². The molecular weight excluding hydrogens is 293 g/mol. The normalized spacial score (nSPS) is 27.4. The number of carbonyl (C=O) groups excluding carboxylic acids is 1. The maximum absolute atomic E-state index is 13.5. The molecule has 0 unspecified atom stereocenters. The molecule has 4 rings (SSSR count). The summed E-state index contributed by atoms with van der Waals surface area (Å²) < 4.78 is 15.3. The fourth-order valence-electron chi connectivity index (χ4n) is 4.35. The summed E-state index contributed by atoms with van der Waals surface area (Å²) >= 11 is 0. The predicted molar refractivity (Wildman–Crippen MR) is 87.4 cm³/mol. The maximum atomic E-state index is 13.5. The molecule has 0 atom stereocenters. The van der Waals surface area contributed by atoms with E-state index >= 15 is 0 Å². The minimum Gasteiger partial charge on any atom is -0.338 e. The molecule has 0 radical (unpaired) electrons. The second kappa shape index (κ2) is 5.34. The molecule has 2 aliphatic rings. The van der Waals surface area contributed by atoms with Gasteiger partial charge in [0.1, 0.15) is 12.4 Å². The molecule has 5 heteroatoms. The first-order valence-corrected chi connectivity index (χ1v) is 8.38. The lowest BCUT2D eigenvalue weighted by atomic mass is 9.67. The van der Waals surface area contributed by atoms with Gasteiger partial charge in [0.25, 0.3) is 0 Å². The van der Waals surface area contributed by atoms with Gasteiger partial charge < -0.3 is 15.2 Å². The van der Waals surface area contributed by atoms with Gasteiger partial charge in [-0.25, -0.2) is 4.39 Å². The Hall–Kier alpha value is -1.88. The molecule has 1 aromatic carbocycles. The van der Waals surface area contributed by atoms with Crippen LogP contribution in [-0.2, 0) is 11.3 Å².